The normalized spacial score (nSPS) is 10.3. The van der Waals surface area contributed by atoms with Crippen LogP contribution in [-0.2, 0) is 0 Å². The minimum absolute atomic E-state index is 0.128. The number of carboxylic acid groups (broad SMARTS) is 1. The van der Waals surface area contributed by atoms with E-state index in [0.29, 0.717) is 5.76 Å². The second-order valence-corrected chi connectivity index (χ2v) is 4.32. The van der Waals surface area contributed by atoms with Crippen LogP contribution in [-0.4, -0.2) is 17.0 Å². The molecule has 0 aliphatic carbocycles. The van der Waals surface area contributed by atoms with Crippen molar-refractivity contribution < 1.29 is 24.2 Å². The second-order valence-electron chi connectivity index (χ2n) is 4.32. The Morgan fingerprint density at radius 2 is 1.95 bits per heavy atom. The molecule has 0 atom stereocenters. The monoisotopic (exact) mass is 274 g/mol. The van der Waals surface area contributed by atoms with E-state index >= 15 is 0 Å². The van der Waals surface area contributed by atoms with Crippen LogP contribution in [0.1, 0.15) is 32.2 Å². The first-order valence-electron chi connectivity index (χ1n) is 5.81. The zero-order valence-corrected chi connectivity index (χ0v) is 10.9. The van der Waals surface area contributed by atoms with Gasteiger partial charge in [-0.15, -0.1) is 0 Å². The van der Waals surface area contributed by atoms with Crippen molar-refractivity contribution in [3.63, 3.8) is 0 Å². The van der Waals surface area contributed by atoms with Gasteiger partial charge in [-0.05, 0) is 37.6 Å². The van der Waals surface area contributed by atoms with Crippen LogP contribution in [0.3, 0.4) is 0 Å². The van der Waals surface area contributed by atoms with Gasteiger partial charge in [-0.2, -0.15) is 0 Å². The van der Waals surface area contributed by atoms with Gasteiger partial charge in [-0.3, -0.25) is 4.79 Å². The largest absolute Gasteiger partial charge is 0.872 e. The van der Waals surface area contributed by atoms with Gasteiger partial charge in [0.2, 0.25) is 0 Å². The molecule has 20 heavy (non-hydrogen) atoms. The van der Waals surface area contributed by atoms with Crippen LogP contribution < -0.4 is 10.4 Å². The predicted molar refractivity (Wildman–Crippen MR) is 69.0 cm³/mol. The summed E-state index contributed by atoms with van der Waals surface area (Å²) < 4.78 is 5.26. The van der Waals surface area contributed by atoms with Crippen LogP contribution in [0.2, 0.25) is 0 Å². The van der Waals surface area contributed by atoms with E-state index in [9.17, 15) is 14.7 Å². The second kappa shape index (κ2) is 5.08. The molecule has 0 bridgehead atoms. The summed E-state index contributed by atoms with van der Waals surface area (Å²) in [7, 11) is 0. The fourth-order valence-corrected chi connectivity index (χ4v) is 1.65. The van der Waals surface area contributed by atoms with E-state index in [2.05, 4.69) is 5.32 Å². The van der Waals surface area contributed by atoms with Crippen LogP contribution in [0.25, 0.3) is 0 Å². The number of benzene rings is 1. The Morgan fingerprint density at radius 3 is 2.50 bits per heavy atom. The van der Waals surface area contributed by atoms with Crippen molar-refractivity contribution in [2.24, 2.45) is 0 Å². The standard InChI is InChI=1S/C14H13NO5/c1-7-5-12(20-8(7)2)13(17)15-9-3-4-11(16)10(6-9)14(18)19/h3-6,16H,1-2H3,(H,15,17)(H,18,19)/p-1. The fraction of sp³-hybridized carbons (Fsp3) is 0.143. The summed E-state index contributed by atoms with van der Waals surface area (Å²) in [6.07, 6.45) is 0. The van der Waals surface area contributed by atoms with Crippen molar-refractivity contribution in [2.75, 3.05) is 5.32 Å². The number of anilines is 1. The molecule has 0 radical (unpaired) electrons. The van der Waals surface area contributed by atoms with Crippen molar-refractivity contribution in [1.82, 2.24) is 0 Å². The molecule has 1 aromatic heterocycles. The summed E-state index contributed by atoms with van der Waals surface area (Å²) in [5.74, 6) is -1.69. The molecule has 1 amide bonds. The zero-order valence-electron chi connectivity index (χ0n) is 10.9. The third-order valence-electron chi connectivity index (χ3n) is 2.86. The third kappa shape index (κ3) is 2.64. The van der Waals surface area contributed by atoms with Crippen molar-refractivity contribution in [2.45, 2.75) is 13.8 Å². The molecule has 6 nitrogen and oxygen atoms in total. The summed E-state index contributed by atoms with van der Waals surface area (Å²) in [5, 5.41) is 22.6. The van der Waals surface area contributed by atoms with Crippen molar-refractivity contribution in [1.29, 1.82) is 0 Å². The van der Waals surface area contributed by atoms with Gasteiger partial charge < -0.3 is 19.9 Å². The third-order valence-corrected chi connectivity index (χ3v) is 2.86. The summed E-state index contributed by atoms with van der Waals surface area (Å²) in [6.45, 7) is 3.55. The van der Waals surface area contributed by atoms with Gasteiger partial charge in [0.1, 0.15) is 5.76 Å². The fourth-order valence-electron chi connectivity index (χ4n) is 1.65. The lowest BCUT2D eigenvalue weighted by Gasteiger charge is -2.11. The number of aryl methyl sites for hydroxylation is 2. The van der Waals surface area contributed by atoms with Crippen molar-refractivity contribution in [3.8, 4) is 5.75 Å². The minimum atomic E-state index is -1.34. The lowest BCUT2D eigenvalue weighted by Crippen LogP contribution is -2.12. The lowest BCUT2D eigenvalue weighted by atomic mass is 10.1. The Kier molecular flexibility index (Phi) is 3.47. The number of carboxylic acids is 1. The average molecular weight is 274 g/mol. The minimum Gasteiger partial charge on any atom is -0.872 e. The molecule has 0 saturated heterocycles. The maximum absolute atomic E-state index is 11.9. The van der Waals surface area contributed by atoms with E-state index in [-0.39, 0.29) is 11.4 Å². The molecule has 1 aromatic carbocycles. The first-order valence-corrected chi connectivity index (χ1v) is 5.81. The molecule has 104 valence electrons. The molecule has 6 heteroatoms. The highest BCUT2D eigenvalue weighted by Gasteiger charge is 2.13. The summed E-state index contributed by atoms with van der Waals surface area (Å²) in [4.78, 5) is 22.8. The van der Waals surface area contributed by atoms with E-state index in [1.165, 1.54) is 6.07 Å². The van der Waals surface area contributed by atoms with Gasteiger partial charge in [0, 0.05) is 5.69 Å². The summed E-state index contributed by atoms with van der Waals surface area (Å²) in [5.41, 5.74) is 0.671. The van der Waals surface area contributed by atoms with Gasteiger partial charge >= 0.3 is 5.97 Å². The Morgan fingerprint density at radius 1 is 1.25 bits per heavy atom. The predicted octanol–water partition coefficient (Wildman–Crippen LogP) is 1.92. The maximum atomic E-state index is 11.9. The Hall–Kier alpha value is -2.76. The smallest absolute Gasteiger partial charge is 0.335 e. The Balaban J connectivity index is 2.24. The summed E-state index contributed by atoms with van der Waals surface area (Å²) >= 11 is 0. The highest BCUT2D eigenvalue weighted by Crippen LogP contribution is 2.20. The average Bonchev–Trinajstić information content (AvgIpc) is 2.72. The number of nitrogens with one attached hydrogen (secondary N) is 1. The molecular formula is C14H12NO5-. The van der Waals surface area contributed by atoms with Crippen molar-refractivity contribution in [3.05, 3.63) is 46.9 Å². The lowest BCUT2D eigenvalue weighted by molar-refractivity contribution is -0.268. The van der Waals surface area contributed by atoms with E-state index in [1.54, 1.807) is 13.0 Å². The number of carbonyl (C=O) groups is 2. The van der Waals surface area contributed by atoms with Gasteiger partial charge in [0.15, 0.2) is 5.76 Å². The SMILES string of the molecule is Cc1cc(C(=O)Nc2ccc([O-])c(C(=O)O)c2)oc1C. The van der Waals surface area contributed by atoms with Crippen molar-refractivity contribution >= 4 is 17.6 Å². The van der Waals surface area contributed by atoms with Gasteiger partial charge in [0.25, 0.3) is 5.91 Å². The first kappa shape index (κ1) is 13.7. The van der Waals surface area contributed by atoms with Gasteiger partial charge in [0.05, 0.1) is 5.56 Å². The molecule has 1 heterocycles. The number of amides is 1. The molecule has 0 aliphatic rings. The molecule has 2 aromatic rings. The molecule has 0 spiro atoms. The highest BCUT2D eigenvalue weighted by molar-refractivity contribution is 6.03. The summed E-state index contributed by atoms with van der Waals surface area (Å²) in [6, 6.07) is 5.14. The van der Waals surface area contributed by atoms with E-state index in [1.807, 2.05) is 6.92 Å². The van der Waals surface area contributed by atoms with E-state index < -0.39 is 23.2 Å². The molecule has 2 N–H and O–H groups in total. The molecule has 2 rings (SSSR count). The van der Waals surface area contributed by atoms with Gasteiger partial charge in [-0.1, -0.05) is 11.8 Å². The molecular weight excluding hydrogens is 262 g/mol. The van der Waals surface area contributed by atoms with Crippen LogP contribution >= 0.6 is 0 Å². The Bertz CT molecular complexity index is 667. The van der Waals surface area contributed by atoms with Crippen LogP contribution in [0.4, 0.5) is 5.69 Å². The number of furan rings is 1. The van der Waals surface area contributed by atoms with E-state index in [0.717, 1.165) is 17.7 Å². The van der Waals surface area contributed by atoms with Gasteiger partial charge in [-0.25, -0.2) is 4.79 Å². The number of aromatic carboxylic acids is 1. The maximum Gasteiger partial charge on any atom is 0.335 e. The molecule has 0 unspecified atom stereocenters. The number of hydrogen-bond donors (Lipinski definition) is 2. The van der Waals surface area contributed by atoms with E-state index in [4.69, 9.17) is 9.52 Å². The van der Waals surface area contributed by atoms with Crippen LogP contribution in [0, 0.1) is 13.8 Å². The number of hydrogen-bond acceptors (Lipinski definition) is 4. The molecule has 0 saturated carbocycles. The molecule has 0 fully saturated rings. The molecule has 0 aliphatic heterocycles. The zero-order chi connectivity index (χ0) is 14.9. The topological polar surface area (TPSA) is 103 Å². The van der Waals surface area contributed by atoms with Crippen LogP contribution in [0.15, 0.2) is 28.7 Å². The Labute approximate surface area is 114 Å². The number of rotatable bonds is 3. The quantitative estimate of drug-likeness (QED) is 0.890. The van der Waals surface area contributed by atoms with Crippen LogP contribution in [0.5, 0.6) is 5.75 Å². The number of carbonyl (C=O) groups excluding carboxylic acids is 1. The first-order chi connectivity index (χ1) is 9.38. The highest BCUT2D eigenvalue weighted by atomic mass is 16.4.